The summed E-state index contributed by atoms with van der Waals surface area (Å²) in [5, 5.41) is 2.47. The van der Waals surface area contributed by atoms with E-state index in [0.717, 1.165) is 18.8 Å². The molecule has 3 nitrogen and oxygen atoms in total. The average Bonchev–Trinajstić information content (AvgIpc) is 2.07. The van der Waals surface area contributed by atoms with Crippen molar-refractivity contribution in [2.75, 3.05) is 13.2 Å². The number of halogens is 2. The molecule has 1 fully saturated rings. The minimum Gasteiger partial charge on any atom is -0.443 e. The molecule has 0 aliphatic heterocycles. The summed E-state index contributed by atoms with van der Waals surface area (Å²) < 4.78 is 27.5. The minimum absolute atomic E-state index is 0.490. The van der Waals surface area contributed by atoms with Crippen LogP contribution in [0.1, 0.15) is 19.8 Å². The Kier molecular flexibility index (Phi) is 4.10. The van der Waals surface area contributed by atoms with Crippen molar-refractivity contribution in [1.29, 1.82) is 0 Å². The predicted molar refractivity (Wildman–Crippen MR) is 47.2 cm³/mol. The molecule has 0 bridgehead atoms. The molecular formula is C9H15F2NO2. The van der Waals surface area contributed by atoms with E-state index < -0.39 is 19.1 Å². The van der Waals surface area contributed by atoms with Crippen molar-refractivity contribution in [3.8, 4) is 0 Å². The highest BCUT2D eigenvalue weighted by molar-refractivity contribution is 5.67. The predicted octanol–water partition coefficient (Wildman–Crippen LogP) is 2.02. The van der Waals surface area contributed by atoms with Crippen LogP contribution in [0.5, 0.6) is 0 Å². The third-order valence-electron chi connectivity index (χ3n) is 2.35. The largest absolute Gasteiger partial charge is 0.443 e. The summed E-state index contributed by atoms with van der Waals surface area (Å²) in [6.07, 6.45) is -1.15. The smallest absolute Gasteiger partial charge is 0.407 e. The van der Waals surface area contributed by atoms with Crippen molar-refractivity contribution >= 4 is 6.09 Å². The number of carbonyl (C=O) groups is 1. The fraction of sp³-hybridized carbons (Fsp3) is 0.889. The van der Waals surface area contributed by atoms with Gasteiger partial charge in [-0.15, -0.1) is 0 Å². The lowest BCUT2D eigenvalue weighted by Gasteiger charge is -2.32. The molecule has 14 heavy (non-hydrogen) atoms. The van der Waals surface area contributed by atoms with Crippen LogP contribution in [0, 0.1) is 11.8 Å². The molecule has 0 aromatic rings. The molecule has 0 heterocycles. The van der Waals surface area contributed by atoms with Gasteiger partial charge in [-0.2, -0.15) is 0 Å². The van der Waals surface area contributed by atoms with Gasteiger partial charge in [-0.05, 0) is 24.7 Å². The molecule has 0 aromatic carbocycles. The number of amides is 1. The highest BCUT2D eigenvalue weighted by Crippen LogP contribution is 2.32. The molecule has 1 amide bonds. The first-order chi connectivity index (χ1) is 6.58. The molecule has 82 valence electrons. The van der Waals surface area contributed by atoms with Gasteiger partial charge < -0.3 is 10.1 Å². The van der Waals surface area contributed by atoms with Gasteiger partial charge >= 0.3 is 6.09 Å². The van der Waals surface area contributed by atoms with E-state index in [2.05, 4.69) is 17.0 Å². The summed E-state index contributed by atoms with van der Waals surface area (Å²) in [5.41, 5.74) is 0. The Morgan fingerprint density at radius 3 is 2.71 bits per heavy atom. The van der Waals surface area contributed by atoms with Gasteiger partial charge in [0, 0.05) is 6.54 Å². The van der Waals surface area contributed by atoms with Gasteiger partial charge in [0.05, 0.1) is 0 Å². The maximum atomic E-state index is 11.6. The van der Waals surface area contributed by atoms with E-state index in [9.17, 15) is 13.6 Å². The molecule has 1 rings (SSSR count). The van der Waals surface area contributed by atoms with E-state index in [4.69, 9.17) is 0 Å². The van der Waals surface area contributed by atoms with Gasteiger partial charge in [0.1, 0.15) is 0 Å². The minimum atomic E-state index is -2.59. The number of hydrogen-bond donors (Lipinski definition) is 1. The monoisotopic (exact) mass is 207 g/mol. The van der Waals surface area contributed by atoms with E-state index in [1.54, 1.807) is 0 Å². The first-order valence-electron chi connectivity index (χ1n) is 4.76. The second-order valence-electron chi connectivity index (χ2n) is 3.81. The van der Waals surface area contributed by atoms with Crippen molar-refractivity contribution < 1.29 is 18.3 Å². The first-order valence-corrected chi connectivity index (χ1v) is 4.76. The summed E-state index contributed by atoms with van der Waals surface area (Å²) >= 11 is 0. The highest BCUT2D eigenvalue weighted by Gasteiger charge is 2.25. The molecule has 1 N–H and O–H groups in total. The van der Waals surface area contributed by atoms with Crippen molar-refractivity contribution in [3.63, 3.8) is 0 Å². The topological polar surface area (TPSA) is 38.3 Å². The molecule has 0 spiro atoms. The molecule has 5 heteroatoms. The lowest BCUT2D eigenvalue weighted by molar-refractivity contribution is 0.0475. The zero-order chi connectivity index (χ0) is 10.6. The number of alkyl carbamates (subject to hydrolysis) is 1. The number of ether oxygens (including phenoxy) is 1. The van der Waals surface area contributed by atoms with Gasteiger partial charge in [-0.25, -0.2) is 13.6 Å². The standard InChI is InChI=1S/C9H15F2NO2/c1-6-2-7(3-6)4-12-9(13)14-5-8(10)11/h6-8H,2-5H2,1H3,(H,12,13)/t6-,7-. The SMILES string of the molecule is C[C@H]1C[C@H](CNC(=O)OCC(F)F)C1. The number of carbonyl (C=O) groups excluding carboxylic acids is 1. The second kappa shape index (κ2) is 5.12. The zero-order valence-corrected chi connectivity index (χ0v) is 8.13. The van der Waals surface area contributed by atoms with Gasteiger partial charge in [-0.3, -0.25) is 0 Å². The number of nitrogens with one attached hydrogen (secondary N) is 1. The summed E-state index contributed by atoms with van der Waals surface area (Å²) in [6.45, 7) is 1.85. The third-order valence-corrected chi connectivity index (χ3v) is 2.35. The lowest BCUT2D eigenvalue weighted by atomic mass is 9.76. The van der Waals surface area contributed by atoms with Gasteiger partial charge in [-0.1, -0.05) is 6.92 Å². The van der Waals surface area contributed by atoms with Crippen LogP contribution in [0.2, 0.25) is 0 Å². The van der Waals surface area contributed by atoms with Crippen molar-refractivity contribution in [3.05, 3.63) is 0 Å². The summed E-state index contributed by atoms with van der Waals surface area (Å²) in [7, 11) is 0. The number of rotatable bonds is 4. The molecular weight excluding hydrogens is 192 g/mol. The Morgan fingerprint density at radius 1 is 1.57 bits per heavy atom. The van der Waals surface area contributed by atoms with Crippen LogP contribution in [0.3, 0.4) is 0 Å². The summed E-state index contributed by atoms with van der Waals surface area (Å²) in [5.74, 6) is 1.21. The Hall–Kier alpha value is -0.870. The molecule has 0 aromatic heterocycles. The van der Waals surface area contributed by atoms with Gasteiger partial charge in [0.25, 0.3) is 6.43 Å². The van der Waals surface area contributed by atoms with E-state index in [1.165, 1.54) is 0 Å². The lowest BCUT2D eigenvalue weighted by Crippen LogP contribution is -2.36. The quantitative estimate of drug-likeness (QED) is 0.765. The highest BCUT2D eigenvalue weighted by atomic mass is 19.3. The number of alkyl halides is 2. The van der Waals surface area contributed by atoms with Crippen LogP contribution >= 0.6 is 0 Å². The molecule has 0 atom stereocenters. The van der Waals surface area contributed by atoms with Crippen LogP contribution < -0.4 is 5.32 Å². The Bertz CT molecular complexity index is 193. The Morgan fingerprint density at radius 2 is 2.21 bits per heavy atom. The van der Waals surface area contributed by atoms with E-state index in [-0.39, 0.29) is 0 Å². The van der Waals surface area contributed by atoms with Crippen molar-refractivity contribution in [2.24, 2.45) is 11.8 Å². The average molecular weight is 207 g/mol. The second-order valence-corrected chi connectivity index (χ2v) is 3.81. The van der Waals surface area contributed by atoms with E-state index >= 15 is 0 Å². The fourth-order valence-corrected chi connectivity index (χ4v) is 1.65. The van der Waals surface area contributed by atoms with Crippen LogP contribution in [0.15, 0.2) is 0 Å². The van der Waals surface area contributed by atoms with Crippen molar-refractivity contribution in [1.82, 2.24) is 5.32 Å². The molecule has 1 aliphatic rings. The van der Waals surface area contributed by atoms with Crippen LogP contribution in [-0.2, 0) is 4.74 Å². The maximum absolute atomic E-state index is 11.6. The van der Waals surface area contributed by atoms with Gasteiger partial charge in [0.2, 0.25) is 0 Å². The fourth-order valence-electron chi connectivity index (χ4n) is 1.65. The van der Waals surface area contributed by atoms with Crippen LogP contribution in [0.4, 0.5) is 13.6 Å². The molecule has 1 aliphatic carbocycles. The van der Waals surface area contributed by atoms with Gasteiger partial charge in [0.15, 0.2) is 6.61 Å². The maximum Gasteiger partial charge on any atom is 0.407 e. The Balaban J connectivity index is 1.98. The summed E-state index contributed by atoms with van der Waals surface area (Å²) in [4.78, 5) is 10.8. The van der Waals surface area contributed by atoms with Crippen LogP contribution in [0.25, 0.3) is 0 Å². The molecule has 0 radical (unpaired) electrons. The summed E-state index contributed by atoms with van der Waals surface area (Å²) in [6, 6.07) is 0. The molecule has 0 unspecified atom stereocenters. The van der Waals surface area contributed by atoms with E-state index in [0.29, 0.717) is 12.5 Å². The van der Waals surface area contributed by atoms with Crippen molar-refractivity contribution in [2.45, 2.75) is 26.2 Å². The Labute approximate surface area is 81.8 Å². The van der Waals surface area contributed by atoms with E-state index in [1.807, 2.05) is 0 Å². The third kappa shape index (κ3) is 3.89. The normalized spacial score (nSPS) is 25.7. The number of hydrogen-bond acceptors (Lipinski definition) is 2. The molecule has 1 saturated carbocycles. The molecule has 0 saturated heterocycles. The van der Waals surface area contributed by atoms with Crippen LogP contribution in [-0.4, -0.2) is 25.7 Å². The zero-order valence-electron chi connectivity index (χ0n) is 8.13. The first kappa shape index (κ1) is 11.2.